The highest BCUT2D eigenvalue weighted by Crippen LogP contribution is 2.13. The maximum absolute atomic E-state index is 12.3. The molecule has 2 rings (SSSR count). The van der Waals surface area contributed by atoms with Gasteiger partial charge in [0, 0.05) is 52.5 Å². The zero-order valence-corrected chi connectivity index (χ0v) is 15.8. The average Bonchev–Trinajstić information content (AvgIpc) is 2.65. The van der Waals surface area contributed by atoms with E-state index in [1.54, 1.807) is 14.8 Å². The first kappa shape index (κ1) is 19.8. The van der Waals surface area contributed by atoms with Crippen molar-refractivity contribution in [3.63, 3.8) is 0 Å². The van der Waals surface area contributed by atoms with Gasteiger partial charge in [0.1, 0.15) is 0 Å². The summed E-state index contributed by atoms with van der Waals surface area (Å²) in [7, 11) is 0. The summed E-state index contributed by atoms with van der Waals surface area (Å²) >= 11 is 0. The molecule has 1 saturated heterocycles. The van der Waals surface area contributed by atoms with E-state index in [2.05, 4.69) is 5.43 Å². The zero-order valence-electron chi connectivity index (χ0n) is 15.8. The lowest BCUT2D eigenvalue weighted by Gasteiger charge is -2.34. The van der Waals surface area contributed by atoms with E-state index in [9.17, 15) is 14.4 Å². The lowest BCUT2D eigenvalue weighted by molar-refractivity contribution is -0.139. The topological polar surface area (TPSA) is 73.0 Å². The molecule has 1 aromatic rings. The molecule has 1 N–H and O–H groups in total. The van der Waals surface area contributed by atoms with Gasteiger partial charge in [0.05, 0.1) is 5.69 Å². The normalized spacial score (nSPS) is 14.1. The number of piperazine rings is 1. The molecular weight excluding hydrogens is 332 g/mol. The van der Waals surface area contributed by atoms with Gasteiger partial charge in [-0.3, -0.25) is 24.8 Å². The van der Waals surface area contributed by atoms with Crippen LogP contribution in [0.25, 0.3) is 0 Å². The second kappa shape index (κ2) is 9.22. The maximum atomic E-state index is 12.3. The highest BCUT2D eigenvalue weighted by Gasteiger charge is 2.22. The van der Waals surface area contributed by atoms with Gasteiger partial charge in [-0.25, -0.2) is 0 Å². The fraction of sp³-hybridized carbons (Fsp3) is 0.526. The number of carbonyl (C=O) groups is 3. The Morgan fingerprint density at radius 1 is 1.00 bits per heavy atom. The van der Waals surface area contributed by atoms with E-state index >= 15 is 0 Å². The minimum atomic E-state index is -0.178. The summed E-state index contributed by atoms with van der Waals surface area (Å²) in [5.41, 5.74) is 4.93. The molecule has 26 heavy (non-hydrogen) atoms. The third-order valence-electron chi connectivity index (χ3n) is 4.57. The Bertz CT molecular complexity index is 637. The summed E-state index contributed by atoms with van der Waals surface area (Å²) in [6.45, 7) is 8.33. The van der Waals surface area contributed by atoms with Gasteiger partial charge in [0.15, 0.2) is 0 Å². The zero-order chi connectivity index (χ0) is 19.1. The fourth-order valence-electron chi connectivity index (χ4n) is 2.91. The lowest BCUT2D eigenvalue weighted by Crippen LogP contribution is -2.50. The Balaban J connectivity index is 1.78. The highest BCUT2D eigenvalue weighted by atomic mass is 16.2. The predicted molar refractivity (Wildman–Crippen MR) is 100 cm³/mol. The minimum Gasteiger partial charge on any atom is -0.339 e. The number of amides is 3. The Hall–Kier alpha value is -2.57. The second-order valence-electron chi connectivity index (χ2n) is 6.50. The Morgan fingerprint density at radius 2 is 1.58 bits per heavy atom. The first-order valence-corrected chi connectivity index (χ1v) is 9.07. The van der Waals surface area contributed by atoms with Crippen LogP contribution in [-0.4, -0.2) is 60.2 Å². The molecule has 142 valence electrons. The largest absolute Gasteiger partial charge is 0.339 e. The number of hydrazine groups is 1. The summed E-state index contributed by atoms with van der Waals surface area (Å²) in [4.78, 5) is 39.3. The van der Waals surface area contributed by atoms with Crippen molar-refractivity contribution in [1.29, 1.82) is 0 Å². The van der Waals surface area contributed by atoms with Crippen molar-refractivity contribution in [3.8, 4) is 0 Å². The molecule has 0 aromatic heterocycles. The van der Waals surface area contributed by atoms with Crippen LogP contribution < -0.4 is 10.4 Å². The Labute approximate surface area is 154 Å². The standard InChI is InChI=1S/C19H28N4O3/c1-4-23(17-7-5-15(2)6-8-17)20-18(25)9-10-19(26)22-13-11-21(12-14-22)16(3)24/h5-8H,4,9-14H2,1-3H3,(H,20,25). The van der Waals surface area contributed by atoms with Gasteiger partial charge in [-0.2, -0.15) is 0 Å². The van der Waals surface area contributed by atoms with Crippen LogP contribution in [0.15, 0.2) is 24.3 Å². The first-order chi connectivity index (χ1) is 12.4. The smallest absolute Gasteiger partial charge is 0.239 e. The van der Waals surface area contributed by atoms with E-state index in [0.29, 0.717) is 32.7 Å². The van der Waals surface area contributed by atoms with Crippen LogP contribution in [0.1, 0.15) is 32.3 Å². The molecule has 1 aliphatic heterocycles. The average molecular weight is 360 g/mol. The van der Waals surface area contributed by atoms with Crippen molar-refractivity contribution in [2.24, 2.45) is 0 Å². The van der Waals surface area contributed by atoms with Gasteiger partial charge >= 0.3 is 0 Å². The lowest BCUT2D eigenvalue weighted by atomic mass is 10.2. The predicted octanol–water partition coefficient (Wildman–Crippen LogP) is 1.32. The number of nitrogens with one attached hydrogen (secondary N) is 1. The molecule has 1 heterocycles. The third kappa shape index (κ3) is 5.47. The van der Waals surface area contributed by atoms with Gasteiger partial charge < -0.3 is 9.80 Å². The number of benzene rings is 1. The summed E-state index contributed by atoms with van der Waals surface area (Å²) in [5, 5.41) is 1.78. The number of nitrogens with zero attached hydrogens (tertiary/aromatic N) is 3. The number of anilines is 1. The molecule has 1 aromatic carbocycles. The molecule has 0 radical (unpaired) electrons. The van der Waals surface area contributed by atoms with Crippen LogP contribution in [0.5, 0.6) is 0 Å². The summed E-state index contributed by atoms with van der Waals surface area (Å²) < 4.78 is 0. The summed E-state index contributed by atoms with van der Waals surface area (Å²) in [5.74, 6) is -0.183. The third-order valence-corrected chi connectivity index (χ3v) is 4.57. The number of rotatable bonds is 6. The maximum Gasteiger partial charge on any atom is 0.239 e. The second-order valence-corrected chi connectivity index (χ2v) is 6.50. The van der Waals surface area contributed by atoms with E-state index < -0.39 is 0 Å². The van der Waals surface area contributed by atoms with Gasteiger partial charge in [-0.05, 0) is 26.0 Å². The first-order valence-electron chi connectivity index (χ1n) is 9.07. The van der Waals surface area contributed by atoms with Crippen molar-refractivity contribution in [1.82, 2.24) is 15.2 Å². The van der Waals surface area contributed by atoms with Gasteiger partial charge in [0.25, 0.3) is 0 Å². The van der Waals surface area contributed by atoms with Gasteiger partial charge in [-0.1, -0.05) is 17.7 Å². The summed E-state index contributed by atoms with van der Waals surface area (Å²) in [6.07, 6.45) is 0.325. The molecule has 0 aliphatic carbocycles. The van der Waals surface area contributed by atoms with Crippen molar-refractivity contribution >= 4 is 23.4 Å². The van der Waals surface area contributed by atoms with Crippen molar-refractivity contribution in [2.45, 2.75) is 33.6 Å². The molecule has 0 bridgehead atoms. The van der Waals surface area contributed by atoms with Crippen LogP contribution >= 0.6 is 0 Å². The van der Waals surface area contributed by atoms with Crippen molar-refractivity contribution in [2.75, 3.05) is 37.7 Å². The number of hydrogen-bond acceptors (Lipinski definition) is 4. The molecule has 0 saturated carbocycles. The Morgan fingerprint density at radius 3 is 2.12 bits per heavy atom. The van der Waals surface area contributed by atoms with Crippen LogP contribution in [-0.2, 0) is 14.4 Å². The van der Waals surface area contributed by atoms with E-state index in [-0.39, 0.29) is 30.6 Å². The highest BCUT2D eigenvalue weighted by molar-refractivity contribution is 5.84. The Kier molecular flexibility index (Phi) is 7.00. The molecule has 0 unspecified atom stereocenters. The van der Waals surface area contributed by atoms with Crippen molar-refractivity contribution in [3.05, 3.63) is 29.8 Å². The monoisotopic (exact) mass is 360 g/mol. The van der Waals surface area contributed by atoms with Gasteiger partial charge in [0.2, 0.25) is 17.7 Å². The van der Waals surface area contributed by atoms with Crippen LogP contribution in [0.4, 0.5) is 5.69 Å². The molecule has 0 atom stereocenters. The molecule has 0 spiro atoms. The van der Waals surface area contributed by atoms with E-state index in [0.717, 1.165) is 11.3 Å². The van der Waals surface area contributed by atoms with E-state index in [1.165, 1.54) is 6.92 Å². The molecule has 7 nitrogen and oxygen atoms in total. The van der Waals surface area contributed by atoms with Crippen LogP contribution in [0.3, 0.4) is 0 Å². The summed E-state index contributed by atoms with van der Waals surface area (Å²) in [6, 6.07) is 7.90. The van der Waals surface area contributed by atoms with Gasteiger partial charge in [-0.15, -0.1) is 0 Å². The van der Waals surface area contributed by atoms with Crippen LogP contribution in [0, 0.1) is 6.92 Å². The van der Waals surface area contributed by atoms with Crippen molar-refractivity contribution < 1.29 is 14.4 Å². The number of carbonyl (C=O) groups excluding carboxylic acids is 3. The van der Waals surface area contributed by atoms with E-state index in [4.69, 9.17) is 0 Å². The molecule has 1 fully saturated rings. The molecule has 1 aliphatic rings. The SMILES string of the molecule is CCN(NC(=O)CCC(=O)N1CCN(C(C)=O)CC1)c1ccc(C)cc1. The molecule has 3 amide bonds. The molecular formula is C19H28N4O3. The quantitative estimate of drug-likeness (QED) is 0.777. The number of aryl methyl sites for hydroxylation is 1. The minimum absolute atomic E-state index is 0.0345. The van der Waals surface area contributed by atoms with Crippen LogP contribution in [0.2, 0.25) is 0 Å². The molecule has 7 heteroatoms. The number of hydrogen-bond donors (Lipinski definition) is 1. The fourth-order valence-corrected chi connectivity index (χ4v) is 2.91. The van der Waals surface area contributed by atoms with E-state index in [1.807, 2.05) is 38.1 Å².